The summed E-state index contributed by atoms with van der Waals surface area (Å²) in [5, 5.41) is 3.98. The Morgan fingerprint density at radius 2 is 1.85 bits per heavy atom. The molecule has 1 aliphatic rings. The number of rotatable bonds is 5. The van der Waals surface area contributed by atoms with E-state index in [-0.39, 0.29) is 22.7 Å². The van der Waals surface area contributed by atoms with Crippen molar-refractivity contribution in [3.05, 3.63) is 56.7 Å². The molecule has 1 saturated heterocycles. The largest absolute Gasteiger partial charge is 0.372 e. The molecule has 142 valence electrons. The standard InChI is InChI=1S/C19H23N5O2S/c25-17-11-15(21-19(27)22-17)12-18(26)23-20-13-14-5-7-16(8-6-14)24-9-3-1-2-4-10-24/h5-8,11,13H,1-4,9-10,12H2,(H,23,26)(H2,21,22,25,27)/b20-13-. The SMILES string of the molecule is O=C(Cc1cc(=O)[nH]c(=S)[nH]1)N/N=C\c1ccc(N2CCCCCC2)cc1. The van der Waals surface area contributed by atoms with Crippen LogP contribution >= 0.6 is 12.2 Å². The fourth-order valence-electron chi connectivity index (χ4n) is 3.11. The van der Waals surface area contributed by atoms with E-state index < -0.39 is 0 Å². The summed E-state index contributed by atoms with van der Waals surface area (Å²) in [6.45, 7) is 2.21. The lowest BCUT2D eigenvalue weighted by Crippen LogP contribution is -2.23. The molecule has 8 heteroatoms. The monoisotopic (exact) mass is 385 g/mol. The molecule has 3 rings (SSSR count). The van der Waals surface area contributed by atoms with Crippen LogP contribution in [-0.4, -0.2) is 35.2 Å². The van der Waals surface area contributed by atoms with E-state index >= 15 is 0 Å². The Morgan fingerprint density at radius 1 is 1.15 bits per heavy atom. The highest BCUT2D eigenvalue weighted by Crippen LogP contribution is 2.19. The number of hydrogen-bond acceptors (Lipinski definition) is 5. The molecular formula is C19H23N5O2S. The minimum absolute atomic E-state index is 0.00119. The van der Waals surface area contributed by atoms with Crippen LogP contribution < -0.4 is 15.9 Å². The van der Waals surface area contributed by atoms with Gasteiger partial charge >= 0.3 is 0 Å². The van der Waals surface area contributed by atoms with Crippen molar-refractivity contribution >= 4 is 30.0 Å². The van der Waals surface area contributed by atoms with Gasteiger partial charge in [-0.1, -0.05) is 25.0 Å². The molecule has 0 aliphatic carbocycles. The summed E-state index contributed by atoms with van der Waals surface area (Å²) in [6, 6.07) is 9.46. The summed E-state index contributed by atoms with van der Waals surface area (Å²) in [6.07, 6.45) is 6.70. The van der Waals surface area contributed by atoms with Crippen LogP contribution in [0.15, 0.2) is 40.2 Å². The van der Waals surface area contributed by atoms with Gasteiger partial charge in [-0.2, -0.15) is 5.10 Å². The van der Waals surface area contributed by atoms with Crippen LogP contribution in [0.1, 0.15) is 36.9 Å². The third-order valence-electron chi connectivity index (χ3n) is 4.43. The third kappa shape index (κ3) is 5.89. The normalized spacial score (nSPS) is 14.9. The number of aromatic amines is 2. The van der Waals surface area contributed by atoms with Crippen LogP contribution in [-0.2, 0) is 11.2 Å². The number of aromatic nitrogens is 2. The highest BCUT2D eigenvalue weighted by Gasteiger charge is 2.09. The first-order chi connectivity index (χ1) is 13.1. The van der Waals surface area contributed by atoms with E-state index in [9.17, 15) is 9.59 Å². The van der Waals surface area contributed by atoms with Crippen molar-refractivity contribution in [2.45, 2.75) is 32.1 Å². The number of anilines is 1. The van der Waals surface area contributed by atoms with E-state index in [0.717, 1.165) is 18.7 Å². The first-order valence-corrected chi connectivity index (χ1v) is 9.50. The average molecular weight is 385 g/mol. The van der Waals surface area contributed by atoms with Crippen molar-refractivity contribution in [2.75, 3.05) is 18.0 Å². The molecule has 7 nitrogen and oxygen atoms in total. The fourth-order valence-corrected chi connectivity index (χ4v) is 3.34. The van der Waals surface area contributed by atoms with Gasteiger partial charge in [-0.25, -0.2) is 5.43 Å². The number of carbonyl (C=O) groups excluding carboxylic acids is 1. The van der Waals surface area contributed by atoms with Gasteiger partial charge in [0.2, 0.25) is 5.91 Å². The minimum atomic E-state index is -0.338. The van der Waals surface area contributed by atoms with E-state index in [4.69, 9.17) is 12.2 Å². The van der Waals surface area contributed by atoms with Gasteiger partial charge in [0.1, 0.15) is 0 Å². The molecule has 0 radical (unpaired) electrons. The second kappa shape index (κ2) is 9.27. The van der Waals surface area contributed by atoms with E-state index in [0.29, 0.717) is 5.69 Å². The van der Waals surface area contributed by atoms with Crippen molar-refractivity contribution in [3.8, 4) is 0 Å². The lowest BCUT2D eigenvalue weighted by atomic mass is 10.2. The molecule has 1 fully saturated rings. The Morgan fingerprint density at radius 3 is 2.52 bits per heavy atom. The van der Waals surface area contributed by atoms with Gasteiger partial charge < -0.3 is 9.88 Å². The van der Waals surface area contributed by atoms with Gasteiger partial charge in [-0.05, 0) is 42.8 Å². The van der Waals surface area contributed by atoms with Crippen LogP contribution in [0.25, 0.3) is 0 Å². The first-order valence-electron chi connectivity index (χ1n) is 9.09. The smallest absolute Gasteiger partial charge is 0.251 e. The number of H-pyrrole nitrogens is 2. The topological polar surface area (TPSA) is 93.3 Å². The Kier molecular flexibility index (Phi) is 6.54. The van der Waals surface area contributed by atoms with Crippen LogP contribution in [0.2, 0.25) is 0 Å². The van der Waals surface area contributed by atoms with Crippen LogP contribution in [0.4, 0.5) is 5.69 Å². The molecular weight excluding hydrogens is 362 g/mol. The molecule has 1 aromatic carbocycles. The predicted octanol–water partition coefficient (Wildman–Crippen LogP) is 2.51. The van der Waals surface area contributed by atoms with E-state index in [2.05, 4.69) is 37.5 Å². The predicted molar refractivity (Wildman–Crippen MR) is 109 cm³/mol. The Labute approximate surface area is 162 Å². The Bertz CT molecular complexity index is 880. The highest BCUT2D eigenvalue weighted by molar-refractivity contribution is 7.71. The second-order valence-electron chi connectivity index (χ2n) is 6.58. The molecule has 1 aliphatic heterocycles. The number of benzene rings is 1. The second-order valence-corrected chi connectivity index (χ2v) is 6.98. The number of hydrazone groups is 1. The zero-order chi connectivity index (χ0) is 19.1. The zero-order valence-corrected chi connectivity index (χ0v) is 15.8. The molecule has 1 amide bonds. The molecule has 3 N–H and O–H groups in total. The van der Waals surface area contributed by atoms with Crippen LogP contribution in [0.5, 0.6) is 0 Å². The summed E-state index contributed by atoms with van der Waals surface area (Å²) >= 11 is 4.88. The highest BCUT2D eigenvalue weighted by atomic mass is 32.1. The zero-order valence-electron chi connectivity index (χ0n) is 15.0. The molecule has 0 spiro atoms. The lowest BCUT2D eigenvalue weighted by Gasteiger charge is -2.22. The maximum Gasteiger partial charge on any atom is 0.251 e. The fraction of sp³-hybridized carbons (Fsp3) is 0.368. The molecule has 0 atom stereocenters. The maximum absolute atomic E-state index is 11.9. The quantitative estimate of drug-likeness (QED) is 0.419. The van der Waals surface area contributed by atoms with Crippen LogP contribution in [0, 0.1) is 4.77 Å². The van der Waals surface area contributed by atoms with Crippen molar-refractivity contribution in [1.82, 2.24) is 15.4 Å². The van der Waals surface area contributed by atoms with Gasteiger partial charge in [-0.3, -0.25) is 14.6 Å². The van der Waals surface area contributed by atoms with Crippen molar-refractivity contribution in [3.63, 3.8) is 0 Å². The van der Waals surface area contributed by atoms with Crippen molar-refractivity contribution in [2.24, 2.45) is 5.10 Å². The summed E-state index contributed by atoms with van der Waals surface area (Å²) in [7, 11) is 0. The Balaban J connectivity index is 1.53. The van der Waals surface area contributed by atoms with E-state index in [1.807, 2.05) is 12.1 Å². The van der Waals surface area contributed by atoms with E-state index in [1.165, 1.54) is 37.4 Å². The first kappa shape index (κ1) is 19.0. The number of amides is 1. The molecule has 27 heavy (non-hydrogen) atoms. The molecule has 0 unspecified atom stereocenters. The average Bonchev–Trinajstić information content (AvgIpc) is 2.91. The lowest BCUT2D eigenvalue weighted by molar-refractivity contribution is -0.120. The van der Waals surface area contributed by atoms with Crippen molar-refractivity contribution in [1.29, 1.82) is 0 Å². The van der Waals surface area contributed by atoms with Gasteiger partial charge in [0.05, 0.1) is 12.6 Å². The van der Waals surface area contributed by atoms with Gasteiger partial charge in [0, 0.05) is 30.5 Å². The van der Waals surface area contributed by atoms with Gasteiger partial charge in [0.15, 0.2) is 4.77 Å². The Hall–Kier alpha value is -2.74. The summed E-state index contributed by atoms with van der Waals surface area (Å²) in [5.41, 5.74) is 4.69. The van der Waals surface area contributed by atoms with Gasteiger partial charge in [0.25, 0.3) is 5.56 Å². The number of nitrogens with zero attached hydrogens (tertiary/aromatic N) is 2. The van der Waals surface area contributed by atoms with Crippen molar-refractivity contribution < 1.29 is 4.79 Å². The molecule has 0 bridgehead atoms. The summed E-state index contributed by atoms with van der Waals surface area (Å²) < 4.78 is 0.193. The molecule has 2 aromatic rings. The third-order valence-corrected chi connectivity index (χ3v) is 4.64. The maximum atomic E-state index is 11.9. The number of carbonyl (C=O) groups is 1. The van der Waals surface area contributed by atoms with E-state index in [1.54, 1.807) is 6.21 Å². The van der Waals surface area contributed by atoms with Gasteiger partial charge in [-0.15, -0.1) is 0 Å². The molecule has 2 heterocycles. The molecule has 1 aromatic heterocycles. The van der Waals surface area contributed by atoms with Crippen LogP contribution in [0.3, 0.4) is 0 Å². The summed E-state index contributed by atoms with van der Waals surface area (Å²) in [4.78, 5) is 30.9. The minimum Gasteiger partial charge on any atom is -0.372 e. The summed E-state index contributed by atoms with van der Waals surface area (Å²) in [5.74, 6) is -0.330. The number of hydrogen-bond donors (Lipinski definition) is 3. The molecule has 0 saturated carbocycles. The number of nitrogens with one attached hydrogen (secondary N) is 3.